The Morgan fingerprint density at radius 2 is 2.11 bits per heavy atom. The molecule has 0 spiro atoms. The van der Waals surface area contributed by atoms with Gasteiger partial charge in [0.05, 0.1) is 0 Å². The van der Waals surface area contributed by atoms with Gasteiger partial charge in [0, 0.05) is 24.7 Å². The van der Waals surface area contributed by atoms with Crippen LogP contribution in [-0.2, 0) is 0 Å². The smallest absolute Gasteiger partial charge is 0.0306 e. The van der Waals surface area contributed by atoms with Gasteiger partial charge in [-0.2, -0.15) is 0 Å². The van der Waals surface area contributed by atoms with Crippen LogP contribution >= 0.6 is 0 Å². The molecule has 3 saturated heterocycles. The van der Waals surface area contributed by atoms with E-state index in [1.165, 1.54) is 71.2 Å². The van der Waals surface area contributed by atoms with Crippen LogP contribution in [-0.4, -0.2) is 61.2 Å². The number of nitrogens with zero attached hydrogens (tertiary/aromatic N) is 2. The molecule has 1 N–H and O–H groups in total. The summed E-state index contributed by atoms with van der Waals surface area (Å²) in [5.41, 5.74) is 0.438. The molecule has 3 heterocycles. The summed E-state index contributed by atoms with van der Waals surface area (Å²) in [5, 5.41) is 3.80. The second-order valence-corrected chi connectivity index (χ2v) is 7.14. The predicted octanol–water partition coefficient (Wildman–Crippen LogP) is 1.93. The maximum atomic E-state index is 3.80. The summed E-state index contributed by atoms with van der Waals surface area (Å²) in [7, 11) is 2.33. The number of nitrogens with one attached hydrogen (secondary N) is 1. The summed E-state index contributed by atoms with van der Waals surface area (Å²) in [4.78, 5) is 5.39. The van der Waals surface area contributed by atoms with Crippen LogP contribution in [0, 0.1) is 5.92 Å². The van der Waals surface area contributed by atoms with Gasteiger partial charge in [-0.3, -0.25) is 0 Å². The van der Waals surface area contributed by atoms with Crippen LogP contribution in [0.4, 0.5) is 0 Å². The largest absolute Gasteiger partial charge is 0.310 e. The fraction of sp³-hybridized carbons (Fsp3) is 1.00. The van der Waals surface area contributed by atoms with Crippen molar-refractivity contribution in [2.75, 3.05) is 39.8 Å². The zero-order valence-electron chi connectivity index (χ0n) is 12.8. The molecule has 0 aromatic carbocycles. The quantitative estimate of drug-likeness (QED) is 0.841. The normalized spacial score (nSPS) is 41.4. The monoisotopic (exact) mass is 265 g/mol. The molecule has 110 valence electrons. The zero-order chi connectivity index (χ0) is 13.3. The third kappa shape index (κ3) is 2.84. The summed E-state index contributed by atoms with van der Waals surface area (Å²) in [6, 6.07) is 0.874. The molecule has 19 heavy (non-hydrogen) atoms. The summed E-state index contributed by atoms with van der Waals surface area (Å²) in [5.74, 6) is 0.933. The maximum absolute atomic E-state index is 3.80. The van der Waals surface area contributed by atoms with Gasteiger partial charge in [0.25, 0.3) is 0 Å². The highest BCUT2D eigenvalue weighted by molar-refractivity contribution is 4.97. The first-order valence-corrected chi connectivity index (χ1v) is 8.40. The minimum Gasteiger partial charge on any atom is -0.310 e. The van der Waals surface area contributed by atoms with Crippen LogP contribution in [0.5, 0.6) is 0 Å². The molecule has 3 heteroatoms. The summed E-state index contributed by atoms with van der Waals surface area (Å²) < 4.78 is 0. The van der Waals surface area contributed by atoms with Crippen LogP contribution < -0.4 is 5.32 Å². The molecule has 3 atom stereocenters. The molecular formula is C16H31N3. The van der Waals surface area contributed by atoms with E-state index in [4.69, 9.17) is 0 Å². The third-order valence-electron chi connectivity index (χ3n) is 5.96. The summed E-state index contributed by atoms with van der Waals surface area (Å²) >= 11 is 0. The Hall–Kier alpha value is -0.120. The van der Waals surface area contributed by atoms with E-state index in [0.717, 1.165) is 12.0 Å². The van der Waals surface area contributed by atoms with Gasteiger partial charge < -0.3 is 15.1 Å². The molecule has 3 aliphatic rings. The molecule has 0 amide bonds. The second-order valence-electron chi connectivity index (χ2n) is 7.14. The molecular weight excluding hydrogens is 234 g/mol. The van der Waals surface area contributed by atoms with Gasteiger partial charge in [-0.15, -0.1) is 0 Å². The van der Waals surface area contributed by atoms with E-state index < -0.39 is 0 Å². The lowest BCUT2D eigenvalue weighted by Crippen LogP contribution is -2.57. The Morgan fingerprint density at radius 3 is 2.84 bits per heavy atom. The van der Waals surface area contributed by atoms with Gasteiger partial charge in [-0.25, -0.2) is 0 Å². The number of hydrogen-bond acceptors (Lipinski definition) is 3. The lowest BCUT2D eigenvalue weighted by Gasteiger charge is -2.47. The minimum atomic E-state index is 0.438. The van der Waals surface area contributed by atoms with Gasteiger partial charge in [0.15, 0.2) is 0 Å². The first-order valence-electron chi connectivity index (χ1n) is 8.40. The molecule has 0 aromatic heterocycles. The SMILES string of the molecule is CCC1(CN2CCC3C(CCCN3C)C2)CCCN1. The molecule has 0 bridgehead atoms. The molecule has 3 nitrogen and oxygen atoms in total. The topological polar surface area (TPSA) is 18.5 Å². The van der Waals surface area contributed by atoms with E-state index in [-0.39, 0.29) is 0 Å². The Morgan fingerprint density at radius 1 is 1.21 bits per heavy atom. The highest BCUT2D eigenvalue weighted by Crippen LogP contribution is 2.32. The molecule has 3 aliphatic heterocycles. The van der Waals surface area contributed by atoms with E-state index in [1.54, 1.807) is 0 Å². The maximum Gasteiger partial charge on any atom is 0.0306 e. The van der Waals surface area contributed by atoms with Crippen molar-refractivity contribution in [2.45, 2.75) is 57.0 Å². The molecule has 3 rings (SSSR count). The van der Waals surface area contributed by atoms with Crippen LogP contribution in [0.25, 0.3) is 0 Å². The Kier molecular flexibility index (Phi) is 4.16. The molecule has 0 radical (unpaired) electrons. The van der Waals surface area contributed by atoms with Crippen LogP contribution in [0.3, 0.4) is 0 Å². The van der Waals surface area contributed by atoms with Crippen molar-refractivity contribution in [3.05, 3.63) is 0 Å². The molecule has 0 saturated carbocycles. The fourth-order valence-corrected chi connectivity index (χ4v) is 4.72. The average Bonchev–Trinajstić information content (AvgIpc) is 2.88. The van der Waals surface area contributed by atoms with Gasteiger partial charge in [-0.1, -0.05) is 6.92 Å². The van der Waals surface area contributed by atoms with E-state index >= 15 is 0 Å². The second kappa shape index (κ2) is 5.71. The Bertz CT molecular complexity index is 298. The van der Waals surface area contributed by atoms with E-state index in [0.29, 0.717) is 5.54 Å². The van der Waals surface area contributed by atoms with E-state index in [2.05, 4.69) is 29.1 Å². The van der Waals surface area contributed by atoms with Crippen molar-refractivity contribution >= 4 is 0 Å². The highest BCUT2D eigenvalue weighted by Gasteiger charge is 2.38. The van der Waals surface area contributed by atoms with Crippen molar-refractivity contribution in [3.8, 4) is 0 Å². The van der Waals surface area contributed by atoms with Crippen molar-refractivity contribution in [2.24, 2.45) is 5.92 Å². The number of fused-ring (bicyclic) bond motifs is 1. The highest BCUT2D eigenvalue weighted by atomic mass is 15.2. The minimum absolute atomic E-state index is 0.438. The van der Waals surface area contributed by atoms with Crippen molar-refractivity contribution in [1.82, 2.24) is 15.1 Å². The van der Waals surface area contributed by atoms with Crippen LogP contribution in [0.1, 0.15) is 45.4 Å². The predicted molar refractivity (Wildman–Crippen MR) is 80.5 cm³/mol. The number of rotatable bonds is 3. The molecule has 0 aliphatic carbocycles. The average molecular weight is 265 g/mol. The lowest BCUT2D eigenvalue weighted by atomic mass is 9.83. The lowest BCUT2D eigenvalue weighted by molar-refractivity contribution is 0.0272. The van der Waals surface area contributed by atoms with Gasteiger partial charge >= 0.3 is 0 Å². The Labute approximate surface area is 118 Å². The summed E-state index contributed by atoms with van der Waals surface area (Å²) in [6.45, 7) is 8.86. The molecule has 0 aromatic rings. The standard InChI is InChI=1S/C16H31N3/c1-3-16(8-5-9-17-16)13-19-11-7-15-14(12-19)6-4-10-18(15)2/h14-15,17H,3-13H2,1-2H3. The third-order valence-corrected chi connectivity index (χ3v) is 5.96. The van der Waals surface area contributed by atoms with E-state index in [9.17, 15) is 0 Å². The van der Waals surface area contributed by atoms with Crippen molar-refractivity contribution in [1.29, 1.82) is 0 Å². The fourth-order valence-electron chi connectivity index (χ4n) is 4.72. The zero-order valence-corrected chi connectivity index (χ0v) is 12.8. The molecule has 3 unspecified atom stereocenters. The first-order chi connectivity index (χ1) is 9.22. The number of hydrogen-bond donors (Lipinski definition) is 1. The van der Waals surface area contributed by atoms with Crippen molar-refractivity contribution < 1.29 is 0 Å². The molecule has 3 fully saturated rings. The van der Waals surface area contributed by atoms with Crippen LogP contribution in [0.2, 0.25) is 0 Å². The van der Waals surface area contributed by atoms with Crippen molar-refractivity contribution in [3.63, 3.8) is 0 Å². The number of piperidine rings is 2. The summed E-state index contributed by atoms with van der Waals surface area (Å²) in [6.07, 6.45) is 8.30. The van der Waals surface area contributed by atoms with E-state index in [1.807, 2.05) is 0 Å². The van der Waals surface area contributed by atoms with Gasteiger partial charge in [-0.05, 0) is 71.1 Å². The van der Waals surface area contributed by atoms with Gasteiger partial charge in [0.2, 0.25) is 0 Å². The first kappa shape index (κ1) is 13.8. The number of likely N-dealkylation sites (tertiary alicyclic amines) is 2. The van der Waals surface area contributed by atoms with Gasteiger partial charge in [0.1, 0.15) is 0 Å². The Balaban J connectivity index is 1.58. The van der Waals surface area contributed by atoms with Crippen LogP contribution in [0.15, 0.2) is 0 Å².